The number of amides is 1. The lowest BCUT2D eigenvalue weighted by Gasteiger charge is -2.34. The average Bonchev–Trinajstić information content (AvgIpc) is 2.39. The molecule has 0 radical (unpaired) electrons. The highest BCUT2D eigenvalue weighted by atomic mass is 16.5. The van der Waals surface area contributed by atoms with Gasteiger partial charge in [0.2, 0.25) is 0 Å². The molecule has 2 fully saturated rings. The molecule has 0 aliphatic carbocycles. The van der Waals surface area contributed by atoms with Crippen LogP contribution in [0.5, 0.6) is 0 Å². The molecule has 1 amide bonds. The fourth-order valence-corrected chi connectivity index (χ4v) is 2.52. The van der Waals surface area contributed by atoms with E-state index in [1.807, 2.05) is 0 Å². The number of piperidine rings is 1. The Labute approximate surface area is 101 Å². The maximum Gasteiger partial charge on any atom is 0.308 e. The Kier molecular flexibility index (Phi) is 3.99. The second-order valence-corrected chi connectivity index (χ2v) is 4.82. The minimum atomic E-state index is -0.799. The van der Waals surface area contributed by atoms with Crippen molar-refractivity contribution in [3.63, 3.8) is 0 Å². The van der Waals surface area contributed by atoms with Crippen molar-refractivity contribution in [3.05, 3.63) is 0 Å². The zero-order chi connectivity index (χ0) is 12.3. The SMILES string of the molecule is O=C(O)[C@@H]1CCCN(C(=O)C2CCCCO2)C1. The normalized spacial score (nSPS) is 30.0. The first kappa shape index (κ1) is 12.4. The Hall–Kier alpha value is -1.10. The summed E-state index contributed by atoms with van der Waals surface area (Å²) in [7, 11) is 0. The quantitative estimate of drug-likeness (QED) is 0.779. The molecule has 2 heterocycles. The van der Waals surface area contributed by atoms with Crippen molar-refractivity contribution in [2.75, 3.05) is 19.7 Å². The van der Waals surface area contributed by atoms with Gasteiger partial charge in [-0.25, -0.2) is 0 Å². The lowest BCUT2D eigenvalue weighted by molar-refractivity contribution is -0.152. The monoisotopic (exact) mass is 241 g/mol. The molecule has 0 bridgehead atoms. The molecule has 0 saturated carbocycles. The molecular formula is C12H19NO4. The molecule has 2 rings (SSSR count). The number of carbonyl (C=O) groups excluding carboxylic acids is 1. The van der Waals surface area contributed by atoms with Gasteiger partial charge in [0, 0.05) is 19.7 Å². The number of likely N-dealkylation sites (tertiary alicyclic amines) is 1. The van der Waals surface area contributed by atoms with Crippen LogP contribution >= 0.6 is 0 Å². The fraction of sp³-hybridized carbons (Fsp3) is 0.833. The molecule has 5 heteroatoms. The van der Waals surface area contributed by atoms with Gasteiger partial charge in [-0.3, -0.25) is 9.59 Å². The number of carboxylic acid groups (broad SMARTS) is 1. The highest BCUT2D eigenvalue weighted by Crippen LogP contribution is 2.21. The van der Waals surface area contributed by atoms with Crippen LogP contribution in [0.25, 0.3) is 0 Å². The van der Waals surface area contributed by atoms with Crippen molar-refractivity contribution in [1.82, 2.24) is 4.90 Å². The predicted molar refractivity (Wildman–Crippen MR) is 60.5 cm³/mol. The van der Waals surface area contributed by atoms with E-state index in [0.717, 1.165) is 25.7 Å². The van der Waals surface area contributed by atoms with Crippen LogP contribution in [0, 0.1) is 5.92 Å². The minimum Gasteiger partial charge on any atom is -0.481 e. The topological polar surface area (TPSA) is 66.8 Å². The zero-order valence-corrected chi connectivity index (χ0v) is 9.93. The zero-order valence-electron chi connectivity index (χ0n) is 9.93. The molecule has 2 aliphatic rings. The van der Waals surface area contributed by atoms with Gasteiger partial charge in [-0.2, -0.15) is 0 Å². The van der Waals surface area contributed by atoms with Crippen LogP contribution in [0.3, 0.4) is 0 Å². The van der Waals surface area contributed by atoms with Crippen LogP contribution in [0.2, 0.25) is 0 Å². The van der Waals surface area contributed by atoms with Crippen molar-refractivity contribution in [3.8, 4) is 0 Å². The third kappa shape index (κ3) is 2.97. The number of hydrogen-bond donors (Lipinski definition) is 1. The lowest BCUT2D eigenvalue weighted by atomic mass is 9.97. The third-order valence-corrected chi connectivity index (χ3v) is 3.54. The molecule has 0 spiro atoms. The molecule has 1 N–H and O–H groups in total. The number of aliphatic carboxylic acids is 1. The van der Waals surface area contributed by atoms with Gasteiger partial charge >= 0.3 is 5.97 Å². The predicted octanol–water partition coefficient (Wildman–Crippen LogP) is 0.879. The van der Waals surface area contributed by atoms with Gasteiger partial charge in [0.1, 0.15) is 6.10 Å². The van der Waals surface area contributed by atoms with E-state index < -0.39 is 11.9 Å². The first-order chi connectivity index (χ1) is 8.18. The third-order valence-electron chi connectivity index (χ3n) is 3.54. The molecule has 5 nitrogen and oxygen atoms in total. The largest absolute Gasteiger partial charge is 0.481 e. The number of nitrogens with zero attached hydrogens (tertiary/aromatic N) is 1. The average molecular weight is 241 g/mol. The molecule has 2 atom stereocenters. The maximum absolute atomic E-state index is 12.1. The lowest BCUT2D eigenvalue weighted by Crippen LogP contribution is -2.47. The summed E-state index contributed by atoms with van der Waals surface area (Å²) in [6.07, 6.45) is 3.91. The second kappa shape index (κ2) is 5.49. The number of carbonyl (C=O) groups is 2. The Morgan fingerprint density at radius 3 is 2.65 bits per heavy atom. The summed E-state index contributed by atoms with van der Waals surface area (Å²) in [6, 6.07) is 0. The Morgan fingerprint density at radius 2 is 2.00 bits per heavy atom. The molecule has 2 aliphatic heterocycles. The molecule has 0 aromatic carbocycles. The van der Waals surface area contributed by atoms with Crippen molar-refractivity contribution in [2.45, 2.75) is 38.2 Å². The highest BCUT2D eigenvalue weighted by molar-refractivity contribution is 5.82. The summed E-state index contributed by atoms with van der Waals surface area (Å²) in [6.45, 7) is 1.66. The van der Waals surface area contributed by atoms with Crippen molar-refractivity contribution >= 4 is 11.9 Å². The van der Waals surface area contributed by atoms with Crippen LogP contribution in [0.4, 0.5) is 0 Å². The fourth-order valence-electron chi connectivity index (χ4n) is 2.52. The summed E-state index contributed by atoms with van der Waals surface area (Å²) in [5, 5.41) is 8.98. The number of carboxylic acids is 1. The summed E-state index contributed by atoms with van der Waals surface area (Å²) in [5.41, 5.74) is 0. The molecule has 96 valence electrons. The van der Waals surface area contributed by atoms with Crippen LogP contribution < -0.4 is 0 Å². The summed E-state index contributed by atoms with van der Waals surface area (Å²) >= 11 is 0. The first-order valence-corrected chi connectivity index (χ1v) is 6.31. The van der Waals surface area contributed by atoms with Crippen molar-refractivity contribution < 1.29 is 19.4 Å². The molecule has 1 unspecified atom stereocenters. The van der Waals surface area contributed by atoms with Gasteiger partial charge in [-0.15, -0.1) is 0 Å². The summed E-state index contributed by atoms with van der Waals surface area (Å²) in [4.78, 5) is 24.7. The second-order valence-electron chi connectivity index (χ2n) is 4.82. The summed E-state index contributed by atoms with van der Waals surface area (Å²) in [5.74, 6) is -1.22. The number of hydrogen-bond acceptors (Lipinski definition) is 3. The van der Waals surface area contributed by atoms with Gasteiger partial charge in [-0.1, -0.05) is 0 Å². The van der Waals surface area contributed by atoms with Crippen LogP contribution in [-0.2, 0) is 14.3 Å². The Balaban J connectivity index is 1.91. The molecule has 17 heavy (non-hydrogen) atoms. The molecule has 0 aromatic rings. The van der Waals surface area contributed by atoms with E-state index in [0.29, 0.717) is 26.1 Å². The summed E-state index contributed by atoms with van der Waals surface area (Å²) < 4.78 is 5.45. The standard InChI is InChI=1S/C12H19NO4/c14-11(10-5-1-2-7-17-10)13-6-3-4-9(8-13)12(15)16/h9-10H,1-8H2,(H,15,16)/t9-,10?/m1/s1. The maximum atomic E-state index is 12.1. The van der Waals surface area contributed by atoms with E-state index in [9.17, 15) is 9.59 Å². The smallest absolute Gasteiger partial charge is 0.308 e. The van der Waals surface area contributed by atoms with Gasteiger partial charge in [0.25, 0.3) is 5.91 Å². The van der Waals surface area contributed by atoms with E-state index in [1.165, 1.54) is 0 Å². The van der Waals surface area contributed by atoms with Gasteiger partial charge in [0.15, 0.2) is 0 Å². The van der Waals surface area contributed by atoms with Crippen molar-refractivity contribution in [1.29, 1.82) is 0 Å². The molecule has 2 saturated heterocycles. The highest BCUT2D eigenvalue weighted by Gasteiger charge is 2.32. The van der Waals surface area contributed by atoms with Crippen LogP contribution in [-0.4, -0.2) is 47.7 Å². The molecular weight excluding hydrogens is 222 g/mol. The van der Waals surface area contributed by atoms with E-state index >= 15 is 0 Å². The number of ether oxygens (including phenoxy) is 1. The van der Waals surface area contributed by atoms with E-state index in [4.69, 9.17) is 9.84 Å². The Morgan fingerprint density at radius 1 is 1.18 bits per heavy atom. The van der Waals surface area contributed by atoms with Crippen LogP contribution in [0.1, 0.15) is 32.1 Å². The van der Waals surface area contributed by atoms with E-state index in [-0.39, 0.29) is 12.0 Å². The Bertz CT molecular complexity index is 299. The van der Waals surface area contributed by atoms with E-state index in [1.54, 1.807) is 4.90 Å². The van der Waals surface area contributed by atoms with E-state index in [2.05, 4.69) is 0 Å². The minimum absolute atomic E-state index is 0.0179. The van der Waals surface area contributed by atoms with Gasteiger partial charge in [0.05, 0.1) is 5.92 Å². The van der Waals surface area contributed by atoms with Crippen molar-refractivity contribution in [2.24, 2.45) is 5.92 Å². The van der Waals surface area contributed by atoms with Crippen LogP contribution in [0.15, 0.2) is 0 Å². The first-order valence-electron chi connectivity index (χ1n) is 6.31. The number of rotatable bonds is 2. The van der Waals surface area contributed by atoms with Gasteiger partial charge in [-0.05, 0) is 32.1 Å². The van der Waals surface area contributed by atoms with Gasteiger partial charge < -0.3 is 14.7 Å². The molecule has 0 aromatic heterocycles.